The van der Waals surface area contributed by atoms with Gasteiger partial charge in [0.25, 0.3) is 0 Å². The van der Waals surface area contributed by atoms with E-state index in [1.54, 1.807) is 6.92 Å². The topological polar surface area (TPSA) is 51.2 Å². The molecule has 1 rings (SSSR count). The lowest BCUT2D eigenvalue weighted by molar-refractivity contribution is -0.133. The van der Waals surface area contributed by atoms with Crippen LogP contribution in [-0.2, 0) is 20.8 Å². The van der Waals surface area contributed by atoms with E-state index in [4.69, 9.17) is 0 Å². The van der Waals surface area contributed by atoms with Gasteiger partial charge in [-0.25, -0.2) is 0 Å². The zero-order chi connectivity index (χ0) is 23.8. The Labute approximate surface area is 189 Å². The van der Waals surface area contributed by atoms with E-state index in [1.807, 2.05) is 58.9 Å². The molecule has 1 aromatic carbocycles. The minimum Gasteiger partial charge on any atom is -0.299 e. The van der Waals surface area contributed by atoms with Gasteiger partial charge in [0, 0.05) is 24.7 Å². The molecule has 0 saturated carbocycles. The van der Waals surface area contributed by atoms with Crippen LogP contribution in [0.5, 0.6) is 0 Å². The Morgan fingerprint density at radius 1 is 0.935 bits per heavy atom. The first kappa shape index (κ1) is 27.0. The van der Waals surface area contributed by atoms with E-state index in [2.05, 4.69) is 26.0 Å². The summed E-state index contributed by atoms with van der Waals surface area (Å²) >= 11 is 0. The second-order valence-corrected chi connectivity index (χ2v) is 10.4. The van der Waals surface area contributed by atoms with Crippen molar-refractivity contribution in [2.45, 2.75) is 81.1 Å². The van der Waals surface area contributed by atoms with Crippen molar-refractivity contribution >= 4 is 17.3 Å². The molecule has 0 aliphatic rings. The highest BCUT2D eigenvalue weighted by atomic mass is 16.1. The van der Waals surface area contributed by atoms with Gasteiger partial charge in [0.05, 0.1) is 0 Å². The second kappa shape index (κ2) is 12.1. The molecule has 0 spiro atoms. The Kier molecular flexibility index (Phi) is 10.6. The van der Waals surface area contributed by atoms with Crippen LogP contribution in [0.2, 0.25) is 0 Å². The Hall–Kier alpha value is -2.03. The van der Waals surface area contributed by atoms with Crippen LogP contribution in [0.4, 0.5) is 0 Å². The first-order valence-electron chi connectivity index (χ1n) is 11.6. The summed E-state index contributed by atoms with van der Waals surface area (Å²) in [6.07, 6.45) is 4.09. The van der Waals surface area contributed by atoms with Gasteiger partial charge in [-0.1, -0.05) is 78.0 Å². The smallest absolute Gasteiger partial charge is 0.155 e. The minimum atomic E-state index is -0.322. The lowest BCUT2D eigenvalue weighted by Crippen LogP contribution is -2.34. The summed E-state index contributed by atoms with van der Waals surface area (Å²) in [6, 6.07) is 10.1. The maximum Gasteiger partial charge on any atom is 0.155 e. The van der Waals surface area contributed by atoms with Gasteiger partial charge in [0.1, 0.15) is 11.6 Å². The van der Waals surface area contributed by atoms with Gasteiger partial charge < -0.3 is 0 Å². The molecule has 0 amide bonds. The van der Waals surface area contributed by atoms with Gasteiger partial charge in [-0.15, -0.1) is 0 Å². The van der Waals surface area contributed by atoms with Gasteiger partial charge >= 0.3 is 0 Å². The molecule has 0 aliphatic heterocycles. The normalized spacial score (nSPS) is 15.5. The summed E-state index contributed by atoms with van der Waals surface area (Å²) in [6.45, 7) is 15.7. The van der Waals surface area contributed by atoms with Crippen molar-refractivity contribution in [1.82, 2.24) is 0 Å². The molecule has 0 aliphatic carbocycles. The fraction of sp³-hybridized carbons (Fsp3) is 0.607. The van der Waals surface area contributed by atoms with Crippen LogP contribution in [0.25, 0.3) is 0 Å². The molecule has 3 unspecified atom stereocenters. The summed E-state index contributed by atoms with van der Waals surface area (Å²) < 4.78 is 0. The number of ketones is 3. The molecular formula is C28H42O3. The Balaban J connectivity index is 3.01. The molecule has 0 bridgehead atoms. The lowest BCUT2D eigenvalue weighted by Gasteiger charge is -2.31. The van der Waals surface area contributed by atoms with E-state index >= 15 is 0 Å². The highest BCUT2D eigenvalue weighted by Gasteiger charge is 2.35. The number of carbonyl (C=O) groups is 3. The molecule has 0 heterocycles. The van der Waals surface area contributed by atoms with Crippen molar-refractivity contribution in [1.29, 1.82) is 0 Å². The van der Waals surface area contributed by atoms with Gasteiger partial charge in [0.2, 0.25) is 0 Å². The first-order valence-corrected chi connectivity index (χ1v) is 11.6. The van der Waals surface area contributed by atoms with Crippen LogP contribution in [-0.4, -0.2) is 17.3 Å². The molecular weight excluding hydrogens is 384 g/mol. The van der Waals surface area contributed by atoms with E-state index in [1.165, 1.54) is 0 Å². The molecule has 3 heteroatoms. The number of rotatable bonds is 12. The predicted octanol–water partition coefficient (Wildman–Crippen LogP) is 6.64. The average Bonchev–Trinajstić information content (AvgIpc) is 2.68. The highest BCUT2D eigenvalue weighted by Crippen LogP contribution is 2.34. The molecule has 0 aromatic heterocycles. The quantitative estimate of drug-likeness (QED) is 0.352. The summed E-state index contributed by atoms with van der Waals surface area (Å²) in [5.74, 6) is 0.196. The Morgan fingerprint density at radius 3 is 1.97 bits per heavy atom. The maximum atomic E-state index is 13.4. The molecule has 0 N–H and O–H groups in total. The molecule has 0 saturated heterocycles. The fourth-order valence-electron chi connectivity index (χ4n) is 3.96. The van der Waals surface area contributed by atoms with Gasteiger partial charge in [-0.2, -0.15) is 0 Å². The van der Waals surface area contributed by atoms with Crippen molar-refractivity contribution in [3.8, 4) is 0 Å². The number of Topliss-reactive ketones (excluding diaryl/α,β-unsaturated/α-hetero) is 3. The van der Waals surface area contributed by atoms with E-state index < -0.39 is 0 Å². The van der Waals surface area contributed by atoms with Crippen molar-refractivity contribution < 1.29 is 14.4 Å². The number of benzene rings is 1. The fourth-order valence-corrected chi connectivity index (χ4v) is 3.96. The monoisotopic (exact) mass is 426 g/mol. The third-order valence-corrected chi connectivity index (χ3v) is 6.43. The first-order chi connectivity index (χ1) is 14.4. The maximum absolute atomic E-state index is 13.4. The Morgan fingerprint density at radius 2 is 1.52 bits per heavy atom. The van der Waals surface area contributed by atoms with Crippen LogP contribution >= 0.6 is 0 Å². The lowest BCUT2D eigenvalue weighted by atomic mass is 9.71. The van der Waals surface area contributed by atoms with Crippen molar-refractivity contribution in [3.63, 3.8) is 0 Å². The summed E-state index contributed by atoms with van der Waals surface area (Å²) in [5, 5.41) is 0. The molecule has 3 atom stereocenters. The van der Waals surface area contributed by atoms with E-state index in [9.17, 15) is 14.4 Å². The van der Waals surface area contributed by atoms with Crippen LogP contribution in [0.3, 0.4) is 0 Å². The van der Waals surface area contributed by atoms with Gasteiger partial charge in [-0.05, 0) is 55.1 Å². The standard InChI is InChI=1S/C28H42O3/c1-9-23(16-22-13-11-10-12-14-22)26(30)18-25(28(6,7)8)27(31)17-24(19(2)3)15-20(4)21(5)29/h10-15,19,23-25H,9,16-18H2,1-8H3/b20-15+. The minimum absolute atomic E-state index is 0.00245. The van der Waals surface area contributed by atoms with Gasteiger partial charge in [0.15, 0.2) is 5.78 Å². The number of hydrogen-bond donors (Lipinski definition) is 0. The molecule has 31 heavy (non-hydrogen) atoms. The zero-order valence-corrected chi connectivity index (χ0v) is 20.8. The van der Waals surface area contributed by atoms with Crippen molar-refractivity contribution in [3.05, 3.63) is 47.5 Å². The molecule has 1 aromatic rings. The average molecular weight is 427 g/mol. The van der Waals surface area contributed by atoms with Crippen LogP contribution in [0, 0.1) is 29.1 Å². The van der Waals surface area contributed by atoms with E-state index in [-0.39, 0.29) is 52.9 Å². The van der Waals surface area contributed by atoms with Crippen LogP contribution in [0.1, 0.15) is 80.2 Å². The van der Waals surface area contributed by atoms with Crippen LogP contribution in [0.15, 0.2) is 42.0 Å². The van der Waals surface area contributed by atoms with Crippen molar-refractivity contribution in [2.75, 3.05) is 0 Å². The third kappa shape index (κ3) is 8.93. The molecule has 172 valence electrons. The molecule has 3 nitrogen and oxygen atoms in total. The molecule has 0 fully saturated rings. The number of allylic oxidation sites excluding steroid dienone is 2. The van der Waals surface area contributed by atoms with E-state index in [0.29, 0.717) is 12.0 Å². The Bertz CT molecular complexity index is 765. The zero-order valence-electron chi connectivity index (χ0n) is 20.8. The summed E-state index contributed by atoms with van der Waals surface area (Å²) in [4.78, 5) is 38.3. The number of carbonyl (C=O) groups excluding carboxylic acids is 3. The SMILES string of the molecule is CCC(Cc1ccccc1)C(=O)CC(C(=O)CC(/C=C(\C)C(C)=O)C(C)C)C(C)(C)C. The largest absolute Gasteiger partial charge is 0.299 e. The summed E-state index contributed by atoms with van der Waals surface area (Å²) in [7, 11) is 0. The van der Waals surface area contributed by atoms with E-state index in [0.717, 1.165) is 18.4 Å². The number of hydrogen-bond acceptors (Lipinski definition) is 3. The summed E-state index contributed by atoms with van der Waals surface area (Å²) in [5.41, 5.74) is 1.56. The third-order valence-electron chi connectivity index (χ3n) is 6.43. The van der Waals surface area contributed by atoms with Crippen molar-refractivity contribution in [2.24, 2.45) is 29.1 Å². The second-order valence-electron chi connectivity index (χ2n) is 10.4. The van der Waals surface area contributed by atoms with Gasteiger partial charge in [-0.3, -0.25) is 14.4 Å². The van der Waals surface area contributed by atoms with Crippen LogP contribution < -0.4 is 0 Å². The highest BCUT2D eigenvalue weighted by molar-refractivity contribution is 5.93. The molecule has 0 radical (unpaired) electrons. The predicted molar refractivity (Wildman–Crippen MR) is 129 cm³/mol.